The summed E-state index contributed by atoms with van der Waals surface area (Å²) in [6.45, 7) is 3.80. The van der Waals surface area contributed by atoms with Crippen molar-refractivity contribution in [3.63, 3.8) is 0 Å². The number of nitrogens with zero attached hydrogens (tertiary/aromatic N) is 2. The summed E-state index contributed by atoms with van der Waals surface area (Å²) in [4.78, 5) is 20.6. The molecule has 94 valence electrons. The van der Waals surface area contributed by atoms with E-state index in [9.17, 15) is 4.79 Å². The van der Waals surface area contributed by atoms with E-state index in [1.54, 1.807) is 12.4 Å². The predicted molar refractivity (Wildman–Crippen MR) is 70.4 cm³/mol. The second-order valence-electron chi connectivity index (χ2n) is 3.79. The number of anilines is 2. The summed E-state index contributed by atoms with van der Waals surface area (Å²) in [5.74, 6) is -0.417. The van der Waals surface area contributed by atoms with E-state index >= 15 is 0 Å². The lowest BCUT2D eigenvalue weighted by molar-refractivity contribution is 0.0594. The van der Waals surface area contributed by atoms with Crippen LogP contribution < -0.4 is 5.32 Å². The van der Waals surface area contributed by atoms with Crippen molar-refractivity contribution in [3.8, 4) is 0 Å². The van der Waals surface area contributed by atoms with Crippen molar-refractivity contribution in [3.05, 3.63) is 34.6 Å². The molecule has 2 aromatic heterocycles. The third-order valence-corrected chi connectivity index (χ3v) is 3.19. The van der Waals surface area contributed by atoms with Crippen molar-refractivity contribution in [1.29, 1.82) is 0 Å². The number of aryl methyl sites for hydroxylation is 2. The molecule has 0 aliphatic rings. The number of esters is 1. The lowest BCUT2D eigenvalue weighted by atomic mass is 10.3. The smallest absolute Gasteiger partial charge is 0.357 e. The molecule has 0 saturated heterocycles. The van der Waals surface area contributed by atoms with Gasteiger partial charge in [0.1, 0.15) is 0 Å². The highest BCUT2D eigenvalue weighted by Gasteiger charge is 2.15. The number of ether oxygens (including phenoxy) is 1. The molecule has 18 heavy (non-hydrogen) atoms. The van der Waals surface area contributed by atoms with Gasteiger partial charge in [-0.1, -0.05) is 0 Å². The van der Waals surface area contributed by atoms with Gasteiger partial charge in [0.2, 0.25) is 0 Å². The Morgan fingerprint density at radius 1 is 1.39 bits per heavy atom. The van der Waals surface area contributed by atoms with Gasteiger partial charge in [0, 0.05) is 11.1 Å². The van der Waals surface area contributed by atoms with Gasteiger partial charge in [-0.25, -0.2) is 9.78 Å². The number of carbonyl (C=O) groups excluding carboxylic acids is 1. The van der Waals surface area contributed by atoms with Crippen molar-refractivity contribution in [1.82, 2.24) is 9.97 Å². The lowest BCUT2D eigenvalue weighted by Gasteiger charge is -2.01. The van der Waals surface area contributed by atoms with E-state index in [0.717, 1.165) is 16.1 Å². The summed E-state index contributed by atoms with van der Waals surface area (Å²) in [5, 5.41) is 3.78. The molecule has 0 aromatic carbocycles. The summed E-state index contributed by atoms with van der Waals surface area (Å²) in [5.41, 5.74) is 2.26. The highest BCUT2D eigenvalue weighted by Crippen LogP contribution is 2.25. The average Bonchev–Trinajstić information content (AvgIpc) is 2.69. The molecule has 2 heterocycles. The topological polar surface area (TPSA) is 64.1 Å². The molecule has 0 unspecified atom stereocenters. The highest BCUT2D eigenvalue weighted by atomic mass is 32.1. The second-order valence-corrected chi connectivity index (χ2v) is 4.99. The molecule has 2 rings (SSSR count). The maximum atomic E-state index is 11.4. The molecule has 0 amide bonds. The van der Waals surface area contributed by atoms with Gasteiger partial charge in [-0.15, -0.1) is 11.3 Å². The summed E-state index contributed by atoms with van der Waals surface area (Å²) in [7, 11) is 1.35. The van der Waals surface area contributed by atoms with Crippen LogP contribution in [0.5, 0.6) is 0 Å². The molecule has 0 bridgehead atoms. The van der Waals surface area contributed by atoms with Crippen LogP contribution in [-0.2, 0) is 4.74 Å². The van der Waals surface area contributed by atoms with Gasteiger partial charge in [0.15, 0.2) is 10.8 Å². The number of nitrogens with one attached hydrogen (secondary N) is 1. The summed E-state index contributed by atoms with van der Waals surface area (Å²) >= 11 is 1.41. The maximum absolute atomic E-state index is 11.4. The number of hydrogen-bond donors (Lipinski definition) is 1. The SMILES string of the molecule is COC(=O)c1nc(Nc2cncc(C)c2)sc1C. The van der Waals surface area contributed by atoms with E-state index in [1.165, 1.54) is 18.4 Å². The molecule has 0 aliphatic heterocycles. The number of aromatic nitrogens is 2. The van der Waals surface area contributed by atoms with E-state index in [0.29, 0.717) is 10.8 Å². The zero-order valence-corrected chi connectivity index (χ0v) is 11.2. The Labute approximate surface area is 109 Å². The fraction of sp³-hybridized carbons (Fsp3) is 0.250. The first kappa shape index (κ1) is 12.5. The molecule has 0 radical (unpaired) electrons. The van der Waals surface area contributed by atoms with E-state index in [-0.39, 0.29) is 0 Å². The van der Waals surface area contributed by atoms with Gasteiger partial charge >= 0.3 is 5.97 Å². The van der Waals surface area contributed by atoms with Crippen LogP contribution in [0.1, 0.15) is 20.9 Å². The normalized spacial score (nSPS) is 10.2. The minimum atomic E-state index is -0.417. The van der Waals surface area contributed by atoms with Gasteiger partial charge in [0.05, 0.1) is 19.0 Å². The third-order valence-electron chi connectivity index (χ3n) is 2.30. The summed E-state index contributed by atoms with van der Waals surface area (Å²) < 4.78 is 4.66. The molecule has 0 spiro atoms. The fourth-order valence-electron chi connectivity index (χ4n) is 1.48. The van der Waals surface area contributed by atoms with E-state index < -0.39 is 5.97 Å². The Bertz CT molecular complexity index is 580. The molecule has 0 saturated carbocycles. The minimum Gasteiger partial charge on any atom is -0.464 e. The average molecular weight is 263 g/mol. The molecule has 0 aliphatic carbocycles. The Hall–Kier alpha value is -1.95. The molecular formula is C12H13N3O2S. The van der Waals surface area contributed by atoms with E-state index in [4.69, 9.17) is 0 Å². The van der Waals surface area contributed by atoms with Crippen molar-refractivity contribution in [2.45, 2.75) is 13.8 Å². The highest BCUT2D eigenvalue weighted by molar-refractivity contribution is 7.15. The number of pyridine rings is 1. The van der Waals surface area contributed by atoms with Crippen molar-refractivity contribution >= 4 is 28.1 Å². The minimum absolute atomic E-state index is 0.352. The first-order chi connectivity index (χ1) is 8.60. The van der Waals surface area contributed by atoms with Crippen LogP contribution in [-0.4, -0.2) is 23.0 Å². The summed E-state index contributed by atoms with van der Waals surface area (Å²) in [6, 6.07) is 1.96. The Balaban J connectivity index is 2.23. The maximum Gasteiger partial charge on any atom is 0.357 e. The van der Waals surface area contributed by atoms with Gasteiger partial charge < -0.3 is 10.1 Å². The number of thiazole rings is 1. The monoisotopic (exact) mass is 263 g/mol. The number of carbonyl (C=O) groups is 1. The van der Waals surface area contributed by atoms with E-state index in [1.807, 2.05) is 19.9 Å². The fourth-order valence-corrected chi connectivity index (χ4v) is 2.30. The third kappa shape index (κ3) is 2.65. The molecule has 0 fully saturated rings. The van der Waals surface area contributed by atoms with Crippen LogP contribution in [0.2, 0.25) is 0 Å². The largest absolute Gasteiger partial charge is 0.464 e. The number of methoxy groups -OCH3 is 1. The molecule has 0 atom stereocenters. The van der Waals surface area contributed by atoms with Crippen LogP contribution >= 0.6 is 11.3 Å². The van der Waals surface area contributed by atoms with Crippen molar-refractivity contribution < 1.29 is 9.53 Å². The van der Waals surface area contributed by atoms with E-state index in [2.05, 4.69) is 20.0 Å². The van der Waals surface area contributed by atoms with Gasteiger partial charge in [0.25, 0.3) is 0 Å². The van der Waals surface area contributed by atoms with Gasteiger partial charge in [-0.05, 0) is 25.5 Å². The molecule has 5 nitrogen and oxygen atoms in total. The first-order valence-corrected chi connectivity index (χ1v) is 6.16. The van der Waals surface area contributed by atoms with Gasteiger partial charge in [-0.2, -0.15) is 0 Å². The zero-order chi connectivity index (χ0) is 13.1. The zero-order valence-electron chi connectivity index (χ0n) is 10.4. The second kappa shape index (κ2) is 5.14. The number of hydrogen-bond acceptors (Lipinski definition) is 6. The number of rotatable bonds is 3. The molecule has 6 heteroatoms. The first-order valence-electron chi connectivity index (χ1n) is 5.34. The van der Waals surface area contributed by atoms with Crippen molar-refractivity contribution in [2.75, 3.05) is 12.4 Å². The Morgan fingerprint density at radius 3 is 2.83 bits per heavy atom. The van der Waals surface area contributed by atoms with Crippen LogP contribution in [0, 0.1) is 13.8 Å². The standard InChI is InChI=1S/C12H13N3O2S/c1-7-4-9(6-13-5-7)14-12-15-10(8(2)18-12)11(16)17-3/h4-6H,1-3H3,(H,14,15). The predicted octanol–water partition coefficient (Wildman–Crippen LogP) is 2.69. The van der Waals surface area contributed by atoms with Gasteiger partial charge in [-0.3, -0.25) is 4.98 Å². The molecular weight excluding hydrogens is 250 g/mol. The Morgan fingerprint density at radius 2 is 2.17 bits per heavy atom. The molecule has 1 N–H and O–H groups in total. The van der Waals surface area contributed by atoms with Crippen LogP contribution in [0.3, 0.4) is 0 Å². The quantitative estimate of drug-likeness (QED) is 0.862. The summed E-state index contributed by atoms with van der Waals surface area (Å²) in [6.07, 6.45) is 3.49. The van der Waals surface area contributed by atoms with Crippen LogP contribution in [0.25, 0.3) is 0 Å². The van der Waals surface area contributed by atoms with Crippen LogP contribution in [0.15, 0.2) is 18.5 Å². The molecule has 2 aromatic rings. The Kier molecular flexibility index (Phi) is 3.57. The van der Waals surface area contributed by atoms with Crippen LogP contribution in [0.4, 0.5) is 10.8 Å². The lowest BCUT2D eigenvalue weighted by Crippen LogP contribution is -2.03. The van der Waals surface area contributed by atoms with Crippen molar-refractivity contribution in [2.24, 2.45) is 0 Å².